The van der Waals surface area contributed by atoms with Gasteiger partial charge in [-0.25, -0.2) is 4.98 Å². The molecule has 0 spiro atoms. The van der Waals surface area contributed by atoms with Crippen molar-refractivity contribution in [2.75, 3.05) is 30.4 Å². The van der Waals surface area contributed by atoms with E-state index in [2.05, 4.69) is 53.2 Å². The van der Waals surface area contributed by atoms with E-state index in [1.807, 2.05) is 24.3 Å². The number of aromatic amines is 1. The molecule has 154 valence electrons. The third kappa shape index (κ3) is 2.93. The number of hydrogen-bond acceptors (Lipinski definition) is 7. The van der Waals surface area contributed by atoms with Crippen LogP contribution in [0.4, 0.5) is 11.9 Å². The van der Waals surface area contributed by atoms with Crippen molar-refractivity contribution in [3.05, 3.63) is 40.8 Å². The standard InChI is InChI=1S/C20H22BrN9/c1-28-10-13-7-6-12(28)11-29(13)20-26-18-14(21)8-23-30(18)19(27-20)22-9-17-24-15-4-2-3-5-16(15)25-17/h2-5,8,12-13H,6-7,9-11H2,1H3,(H,24,25)(H,22,26,27). The van der Waals surface area contributed by atoms with E-state index in [4.69, 9.17) is 9.97 Å². The minimum atomic E-state index is 0.451. The molecule has 2 bridgehead atoms. The summed E-state index contributed by atoms with van der Waals surface area (Å²) in [5.74, 6) is 2.28. The predicted octanol–water partition coefficient (Wildman–Crippen LogP) is 2.66. The van der Waals surface area contributed by atoms with Crippen molar-refractivity contribution >= 4 is 44.5 Å². The van der Waals surface area contributed by atoms with Crippen LogP contribution in [0.2, 0.25) is 0 Å². The van der Waals surface area contributed by atoms with E-state index in [-0.39, 0.29) is 0 Å². The number of fused-ring (bicyclic) bond motifs is 5. The highest BCUT2D eigenvalue weighted by Crippen LogP contribution is 2.31. The highest BCUT2D eigenvalue weighted by atomic mass is 79.9. The van der Waals surface area contributed by atoms with Gasteiger partial charge in [-0.1, -0.05) is 12.1 Å². The van der Waals surface area contributed by atoms with Crippen molar-refractivity contribution in [3.8, 4) is 0 Å². The van der Waals surface area contributed by atoms with Gasteiger partial charge in [-0.2, -0.15) is 19.6 Å². The lowest BCUT2D eigenvalue weighted by Crippen LogP contribution is -2.62. The molecule has 3 aliphatic rings. The van der Waals surface area contributed by atoms with Crippen molar-refractivity contribution in [1.29, 1.82) is 0 Å². The van der Waals surface area contributed by atoms with Crippen LogP contribution < -0.4 is 10.2 Å². The van der Waals surface area contributed by atoms with Crippen LogP contribution in [0, 0.1) is 0 Å². The fourth-order valence-corrected chi connectivity index (χ4v) is 4.97. The zero-order valence-corrected chi connectivity index (χ0v) is 18.2. The zero-order chi connectivity index (χ0) is 20.2. The van der Waals surface area contributed by atoms with E-state index in [1.54, 1.807) is 10.7 Å². The number of aromatic nitrogens is 6. The first-order valence-electron chi connectivity index (χ1n) is 10.2. The summed E-state index contributed by atoms with van der Waals surface area (Å²) in [5, 5.41) is 7.85. The molecule has 10 heteroatoms. The summed E-state index contributed by atoms with van der Waals surface area (Å²) < 4.78 is 2.60. The van der Waals surface area contributed by atoms with Crippen LogP contribution in [-0.4, -0.2) is 66.7 Å². The molecule has 3 aromatic heterocycles. The van der Waals surface area contributed by atoms with Gasteiger partial charge in [0.15, 0.2) is 5.65 Å². The molecular formula is C20H22BrN9. The number of likely N-dealkylation sites (N-methyl/N-ethyl adjacent to an activating group) is 1. The second-order valence-corrected chi connectivity index (χ2v) is 8.96. The molecule has 2 unspecified atom stereocenters. The molecule has 30 heavy (non-hydrogen) atoms. The Bertz CT molecular complexity index is 1200. The van der Waals surface area contributed by atoms with Crippen LogP contribution in [0.3, 0.4) is 0 Å². The van der Waals surface area contributed by atoms with Crippen LogP contribution in [0.25, 0.3) is 16.7 Å². The molecule has 2 N–H and O–H groups in total. The molecule has 1 aromatic carbocycles. The SMILES string of the molecule is CN1CC2CCC1CN2c1nc(NCc2nc3ccccc3[nH]2)n2ncc(Br)c2n1. The number of piperazine rings is 1. The largest absolute Gasteiger partial charge is 0.347 e. The van der Waals surface area contributed by atoms with Crippen LogP contribution in [0.5, 0.6) is 0 Å². The van der Waals surface area contributed by atoms with Crippen LogP contribution in [0.15, 0.2) is 34.9 Å². The summed E-state index contributed by atoms with van der Waals surface area (Å²) in [4.78, 5) is 22.5. The minimum Gasteiger partial charge on any atom is -0.347 e. The third-order valence-electron chi connectivity index (χ3n) is 6.23. The first-order chi connectivity index (χ1) is 14.7. The topological polar surface area (TPSA) is 90.3 Å². The molecule has 0 radical (unpaired) electrons. The quantitative estimate of drug-likeness (QED) is 0.476. The van der Waals surface area contributed by atoms with Gasteiger partial charge >= 0.3 is 0 Å². The second kappa shape index (κ2) is 6.92. The Morgan fingerprint density at radius 1 is 1.13 bits per heavy atom. The number of benzene rings is 1. The molecule has 2 atom stereocenters. The molecule has 0 aliphatic carbocycles. The second-order valence-electron chi connectivity index (χ2n) is 8.11. The smallest absolute Gasteiger partial charge is 0.231 e. The fourth-order valence-electron chi connectivity index (χ4n) is 4.62. The van der Waals surface area contributed by atoms with E-state index in [0.29, 0.717) is 24.6 Å². The Hall–Kier alpha value is -2.72. The average molecular weight is 468 g/mol. The van der Waals surface area contributed by atoms with Crippen molar-refractivity contribution in [2.24, 2.45) is 0 Å². The van der Waals surface area contributed by atoms with Crippen LogP contribution in [-0.2, 0) is 6.54 Å². The van der Waals surface area contributed by atoms with Gasteiger partial charge in [-0.15, -0.1) is 0 Å². The van der Waals surface area contributed by atoms with E-state index in [0.717, 1.165) is 46.0 Å². The summed E-state index contributed by atoms with van der Waals surface area (Å²) in [7, 11) is 2.21. The molecule has 7 rings (SSSR count). The number of nitrogens with zero attached hydrogens (tertiary/aromatic N) is 7. The van der Waals surface area contributed by atoms with Gasteiger partial charge in [0.25, 0.3) is 0 Å². The van der Waals surface area contributed by atoms with Gasteiger partial charge in [0.05, 0.1) is 28.2 Å². The normalized spacial score (nSPS) is 21.7. The minimum absolute atomic E-state index is 0.451. The van der Waals surface area contributed by atoms with E-state index >= 15 is 0 Å². The number of anilines is 2. The maximum absolute atomic E-state index is 4.87. The zero-order valence-electron chi connectivity index (χ0n) is 16.6. The van der Waals surface area contributed by atoms with Crippen LogP contribution >= 0.6 is 15.9 Å². The van der Waals surface area contributed by atoms with Crippen LogP contribution in [0.1, 0.15) is 18.7 Å². The van der Waals surface area contributed by atoms with Crippen molar-refractivity contribution in [3.63, 3.8) is 0 Å². The molecule has 3 aliphatic heterocycles. The monoisotopic (exact) mass is 467 g/mol. The average Bonchev–Trinajstić information content (AvgIpc) is 3.35. The predicted molar refractivity (Wildman–Crippen MR) is 119 cm³/mol. The van der Waals surface area contributed by atoms with Gasteiger partial charge in [0, 0.05) is 25.2 Å². The number of rotatable bonds is 4. The lowest BCUT2D eigenvalue weighted by molar-refractivity contribution is 0.124. The Morgan fingerprint density at radius 3 is 2.80 bits per heavy atom. The van der Waals surface area contributed by atoms with E-state index < -0.39 is 0 Å². The van der Waals surface area contributed by atoms with Gasteiger partial charge in [-0.3, -0.25) is 4.90 Å². The number of halogens is 1. The Morgan fingerprint density at radius 2 is 2.00 bits per heavy atom. The van der Waals surface area contributed by atoms with E-state index in [9.17, 15) is 0 Å². The molecular weight excluding hydrogens is 446 g/mol. The maximum atomic E-state index is 4.87. The lowest BCUT2D eigenvalue weighted by atomic mass is 9.92. The third-order valence-corrected chi connectivity index (χ3v) is 6.79. The fraction of sp³-hybridized carbons (Fsp3) is 0.400. The van der Waals surface area contributed by atoms with Gasteiger partial charge in [0.2, 0.25) is 11.9 Å². The summed E-state index contributed by atoms with van der Waals surface area (Å²) in [5.41, 5.74) is 2.75. The molecule has 3 fully saturated rings. The number of nitrogens with one attached hydrogen (secondary N) is 2. The Balaban J connectivity index is 1.34. The van der Waals surface area contributed by atoms with Crippen molar-refractivity contribution in [2.45, 2.75) is 31.5 Å². The Labute approximate surface area is 181 Å². The summed E-state index contributed by atoms with van der Waals surface area (Å²) in [6, 6.07) is 9.04. The summed E-state index contributed by atoms with van der Waals surface area (Å²) in [6.07, 6.45) is 4.19. The first kappa shape index (κ1) is 18.1. The summed E-state index contributed by atoms with van der Waals surface area (Å²) >= 11 is 3.58. The Kier molecular flexibility index (Phi) is 4.17. The highest BCUT2D eigenvalue weighted by molar-refractivity contribution is 9.10. The highest BCUT2D eigenvalue weighted by Gasteiger charge is 2.38. The van der Waals surface area contributed by atoms with Crippen molar-refractivity contribution < 1.29 is 0 Å². The van der Waals surface area contributed by atoms with Gasteiger partial charge < -0.3 is 15.2 Å². The van der Waals surface area contributed by atoms with Gasteiger partial charge in [-0.05, 0) is 48.0 Å². The first-order valence-corrected chi connectivity index (χ1v) is 11.0. The molecule has 3 saturated heterocycles. The molecule has 6 heterocycles. The number of imidazole rings is 1. The number of para-hydroxylation sites is 2. The summed E-state index contributed by atoms with van der Waals surface area (Å²) in [6.45, 7) is 2.54. The lowest BCUT2D eigenvalue weighted by Gasteiger charge is -2.50. The van der Waals surface area contributed by atoms with Gasteiger partial charge in [0.1, 0.15) is 5.82 Å². The van der Waals surface area contributed by atoms with Crippen molar-refractivity contribution in [1.82, 2.24) is 34.4 Å². The number of piperidine rings is 2. The number of hydrogen-bond donors (Lipinski definition) is 2. The van der Waals surface area contributed by atoms with E-state index in [1.165, 1.54) is 12.8 Å². The molecule has 0 saturated carbocycles. The molecule has 0 amide bonds. The molecule has 4 aromatic rings. The number of H-pyrrole nitrogens is 1. The maximum Gasteiger partial charge on any atom is 0.231 e. The molecule has 9 nitrogen and oxygen atoms in total.